The summed E-state index contributed by atoms with van der Waals surface area (Å²) in [5.74, 6) is 0. The molecule has 0 aliphatic carbocycles. The van der Waals surface area contributed by atoms with Gasteiger partial charge in [0.2, 0.25) is 5.11 Å². The standard InChI is InChI=1S/C13H18F3N3OS2/c1-8(2)18-12(21)19-22(4,20)9(3)10-5-6-11(17-7-10)13(14,15)16/h5-9H,1-4H3,(H,18,21). The van der Waals surface area contributed by atoms with Crippen molar-refractivity contribution in [3.63, 3.8) is 0 Å². The Bertz CT molecular complexity index is 647. The van der Waals surface area contributed by atoms with Gasteiger partial charge in [-0.1, -0.05) is 6.07 Å². The number of hydrogen-bond acceptors (Lipinski definition) is 3. The summed E-state index contributed by atoms with van der Waals surface area (Å²) in [6, 6.07) is 2.18. The van der Waals surface area contributed by atoms with E-state index in [1.54, 1.807) is 6.92 Å². The first-order chi connectivity index (χ1) is 9.93. The average molecular weight is 353 g/mol. The topological polar surface area (TPSA) is 54.4 Å². The molecule has 1 aromatic rings. The molecule has 0 spiro atoms. The van der Waals surface area contributed by atoms with Gasteiger partial charge in [-0.15, -0.1) is 0 Å². The fourth-order valence-corrected chi connectivity index (χ4v) is 3.45. The number of halogens is 3. The lowest BCUT2D eigenvalue weighted by Gasteiger charge is -2.16. The van der Waals surface area contributed by atoms with Gasteiger partial charge >= 0.3 is 6.18 Å². The predicted octanol–water partition coefficient (Wildman–Crippen LogP) is 3.54. The molecule has 124 valence electrons. The minimum Gasteiger partial charge on any atom is -0.358 e. The van der Waals surface area contributed by atoms with Crippen LogP contribution in [0.15, 0.2) is 22.7 Å². The maximum absolute atomic E-state index is 12.6. The van der Waals surface area contributed by atoms with Crippen LogP contribution in [0.5, 0.6) is 0 Å². The summed E-state index contributed by atoms with van der Waals surface area (Å²) in [4.78, 5) is 3.37. The molecule has 0 bridgehead atoms. The first kappa shape index (κ1) is 18.8. The van der Waals surface area contributed by atoms with E-state index in [4.69, 9.17) is 12.2 Å². The fraction of sp³-hybridized carbons (Fsp3) is 0.538. The second-order valence-corrected chi connectivity index (χ2v) is 8.17. The molecule has 0 aliphatic rings. The predicted molar refractivity (Wildman–Crippen MR) is 85.0 cm³/mol. The summed E-state index contributed by atoms with van der Waals surface area (Å²) in [6.07, 6.45) is -2.00. The highest BCUT2D eigenvalue weighted by atomic mass is 32.2. The van der Waals surface area contributed by atoms with E-state index >= 15 is 0 Å². The molecule has 22 heavy (non-hydrogen) atoms. The molecule has 0 aliphatic heterocycles. The van der Waals surface area contributed by atoms with Crippen LogP contribution in [-0.2, 0) is 15.9 Å². The van der Waals surface area contributed by atoms with Gasteiger partial charge in [-0.2, -0.15) is 17.5 Å². The summed E-state index contributed by atoms with van der Waals surface area (Å²) in [7, 11) is -2.76. The van der Waals surface area contributed by atoms with E-state index in [0.717, 1.165) is 12.3 Å². The number of alkyl halides is 3. The quantitative estimate of drug-likeness (QED) is 0.845. The number of pyridine rings is 1. The van der Waals surface area contributed by atoms with Crippen LogP contribution in [0.25, 0.3) is 0 Å². The largest absolute Gasteiger partial charge is 0.433 e. The van der Waals surface area contributed by atoms with Crippen molar-refractivity contribution in [3.05, 3.63) is 29.6 Å². The zero-order chi connectivity index (χ0) is 17.1. The summed E-state index contributed by atoms with van der Waals surface area (Å²) >= 11 is 5.00. The van der Waals surface area contributed by atoms with E-state index in [2.05, 4.69) is 14.7 Å². The molecule has 1 N–H and O–H groups in total. The van der Waals surface area contributed by atoms with E-state index in [1.807, 2.05) is 13.8 Å². The highest BCUT2D eigenvalue weighted by Gasteiger charge is 2.32. The van der Waals surface area contributed by atoms with E-state index < -0.39 is 26.8 Å². The van der Waals surface area contributed by atoms with E-state index in [9.17, 15) is 17.4 Å². The third kappa shape index (κ3) is 5.20. The van der Waals surface area contributed by atoms with Gasteiger partial charge in [0.1, 0.15) is 5.69 Å². The summed E-state index contributed by atoms with van der Waals surface area (Å²) in [6.45, 7) is 5.35. The van der Waals surface area contributed by atoms with Crippen molar-refractivity contribution in [1.29, 1.82) is 0 Å². The zero-order valence-corrected chi connectivity index (χ0v) is 14.3. The third-order valence-electron chi connectivity index (χ3n) is 2.88. The molecule has 2 unspecified atom stereocenters. The smallest absolute Gasteiger partial charge is 0.358 e. The summed E-state index contributed by atoms with van der Waals surface area (Å²) in [5, 5.41) is 2.37. The van der Waals surface area contributed by atoms with Gasteiger partial charge in [0.15, 0.2) is 0 Å². The highest BCUT2D eigenvalue weighted by Crippen LogP contribution is 2.29. The molecule has 2 atom stereocenters. The molecule has 0 amide bonds. The fourth-order valence-electron chi connectivity index (χ4n) is 1.58. The van der Waals surface area contributed by atoms with Crippen LogP contribution in [0.1, 0.15) is 37.3 Å². The van der Waals surface area contributed by atoms with Gasteiger partial charge in [0.05, 0.1) is 15.0 Å². The molecule has 0 radical (unpaired) electrons. The Kier molecular flexibility index (Phi) is 5.91. The molecular formula is C13H18F3N3OS2. The third-order valence-corrected chi connectivity index (χ3v) is 5.33. The lowest BCUT2D eigenvalue weighted by molar-refractivity contribution is -0.141. The molecule has 9 heteroatoms. The van der Waals surface area contributed by atoms with E-state index in [0.29, 0.717) is 5.56 Å². The number of nitrogens with one attached hydrogen (secondary N) is 1. The van der Waals surface area contributed by atoms with Gasteiger partial charge in [-0.3, -0.25) is 4.98 Å². The van der Waals surface area contributed by atoms with Crippen molar-refractivity contribution in [2.75, 3.05) is 6.26 Å². The Labute approximate surface area is 133 Å². The number of rotatable bonds is 3. The Balaban J connectivity index is 3.04. The van der Waals surface area contributed by atoms with Crippen molar-refractivity contribution in [2.24, 2.45) is 4.36 Å². The van der Waals surface area contributed by atoms with Gasteiger partial charge < -0.3 is 5.32 Å². The average Bonchev–Trinajstić information content (AvgIpc) is 2.35. The molecule has 1 aromatic heterocycles. The van der Waals surface area contributed by atoms with Gasteiger partial charge in [0, 0.05) is 18.5 Å². The van der Waals surface area contributed by atoms with Crippen molar-refractivity contribution in [1.82, 2.24) is 10.3 Å². The number of thiocarbonyl (C=S) groups is 1. The number of nitrogens with zero attached hydrogens (tertiary/aromatic N) is 2. The maximum atomic E-state index is 12.6. The van der Waals surface area contributed by atoms with Gasteiger partial charge in [0.25, 0.3) is 0 Å². The molecule has 1 rings (SSSR count). The summed E-state index contributed by atoms with van der Waals surface area (Å²) in [5.41, 5.74) is -0.573. The second-order valence-electron chi connectivity index (χ2n) is 5.17. The zero-order valence-electron chi connectivity index (χ0n) is 12.6. The Hall–Kier alpha value is -1.22. The lowest BCUT2D eigenvalue weighted by atomic mass is 10.2. The first-order valence-electron chi connectivity index (χ1n) is 6.48. The molecule has 4 nitrogen and oxygen atoms in total. The number of aromatic nitrogens is 1. The van der Waals surface area contributed by atoms with Crippen molar-refractivity contribution in [2.45, 2.75) is 38.2 Å². The van der Waals surface area contributed by atoms with Crippen LogP contribution in [0.3, 0.4) is 0 Å². The maximum Gasteiger partial charge on any atom is 0.433 e. The highest BCUT2D eigenvalue weighted by molar-refractivity contribution is 7.94. The number of hydrogen-bond donors (Lipinski definition) is 1. The molecule has 0 saturated carbocycles. The molecule has 1 heterocycles. The van der Waals surface area contributed by atoms with E-state index in [1.165, 1.54) is 12.3 Å². The van der Waals surface area contributed by atoms with Gasteiger partial charge in [-0.05, 0) is 44.6 Å². The van der Waals surface area contributed by atoms with Crippen LogP contribution in [0.2, 0.25) is 0 Å². The second kappa shape index (κ2) is 6.91. The SMILES string of the molecule is CC(C)NC(=S)N=S(C)(=O)C(C)c1ccc(C(F)(F)F)nc1. The van der Waals surface area contributed by atoms with Crippen LogP contribution in [0, 0.1) is 0 Å². The molecule has 0 fully saturated rings. The van der Waals surface area contributed by atoms with Crippen LogP contribution in [-0.4, -0.2) is 26.6 Å². The van der Waals surface area contributed by atoms with Gasteiger partial charge in [-0.25, -0.2) is 4.21 Å². The Morgan fingerprint density at radius 2 is 1.95 bits per heavy atom. The van der Waals surface area contributed by atoms with E-state index in [-0.39, 0.29) is 11.2 Å². The van der Waals surface area contributed by atoms with Crippen molar-refractivity contribution >= 4 is 27.1 Å². The van der Waals surface area contributed by atoms with Crippen molar-refractivity contribution < 1.29 is 17.4 Å². The monoisotopic (exact) mass is 353 g/mol. The summed E-state index contributed by atoms with van der Waals surface area (Å²) < 4.78 is 54.1. The van der Waals surface area contributed by atoms with Crippen LogP contribution in [0.4, 0.5) is 13.2 Å². The lowest BCUT2D eigenvalue weighted by Crippen LogP contribution is -2.28. The molecular weight excluding hydrogens is 335 g/mol. The minimum absolute atomic E-state index is 0.0505. The molecule has 0 saturated heterocycles. The minimum atomic E-state index is -4.50. The van der Waals surface area contributed by atoms with Crippen molar-refractivity contribution in [3.8, 4) is 0 Å². The Morgan fingerprint density at radius 1 is 1.36 bits per heavy atom. The molecule has 0 aromatic carbocycles. The van der Waals surface area contributed by atoms with Crippen LogP contribution >= 0.6 is 12.2 Å². The normalized spacial score (nSPS) is 16.0. The first-order valence-corrected chi connectivity index (χ1v) is 8.87. The van der Waals surface area contributed by atoms with Crippen LogP contribution < -0.4 is 5.32 Å². The Morgan fingerprint density at radius 3 is 2.36 bits per heavy atom.